The van der Waals surface area contributed by atoms with E-state index in [-0.39, 0.29) is 6.10 Å². The molecule has 3 heteroatoms. The van der Waals surface area contributed by atoms with Gasteiger partial charge < -0.3 is 4.74 Å². The van der Waals surface area contributed by atoms with Gasteiger partial charge in [-0.1, -0.05) is 29.8 Å². The van der Waals surface area contributed by atoms with Crippen molar-refractivity contribution >= 4 is 23.4 Å². The maximum absolute atomic E-state index is 5.81. The van der Waals surface area contributed by atoms with Crippen molar-refractivity contribution in [1.82, 2.24) is 0 Å². The van der Waals surface area contributed by atoms with E-state index in [1.54, 1.807) is 11.8 Å². The van der Waals surface area contributed by atoms with Crippen LogP contribution in [0.1, 0.15) is 0 Å². The predicted molar refractivity (Wildman–Crippen MR) is 78.4 cm³/mol. The van der Waals surface area contributed by atoms with Crippen molar-refractivity contribution in [3.63, 3.8) is 0 Å². The van der Waals surface area contributed by atoms with Crippen LogP contribution < -0.4 is 4.74 Å². The first-order valence-corrected chi connectivity index (χ1v) is 7.03. The lowest BCUT2D eigenvalue weighted by Crippen LogP contribution is -2.14. The van der Waals surface area contributed by atoms with Gasteiger partial charge in [0.25, 0.3) is 0 Å². The van der Waals surface area contributed by atoms with Crippen molar-refractivity contribution in [3.05, 3.63) is 66.5 Å². The van der Waals surface area contributed by atoms with Gasteiger partial charge in [0.05, 0.1) is 0 Å². The summed E-state index contributed by atoms with van der Waals surface area (Å²) in [5, 5.41) is 0.710. The fourth-order valence-corrected chi connectivity index (χ4v) is 2.37. The van der Waals surface area contributed by atoms with Crippen molar-refractivity contribution in [2.45, 2.75) is 11.0 Å². The summed E-state index contributed by atoms with van der Waals surface area (Å²) in [6.45, 7) is 3.99. The van der Waals surface area contributed by atoms with Crippen molar-refractivity contribution in [2.75, 3.05) is 5.75 Å². The molecule has 0 amide bonds. The van der Waals surface area contributed by atoms with Crippen molar-refractivity contribution < 1.29 is 4.74 Å². The summed E-state index contributed by atoms with van der Waals surface area (Å²) in [5.74, 6) is 1.61. The molecule has 0 spiro atoms. The molecule has 93 valence electrons. The highest BCUT2D eigenvalue weighted by molar-refractivity contribution is 7.99. The highest BCUT2D eigenvalue weighted by atomic mass is 35.5. The standard InChI is InChI=1S/C15H14ClOS/c1-12(11-18-15-5-3-2-4-6-15)17-14-9-7-13(16)8-10-14/h2-10,12H,1,11H2. The molecule has 0 fully saturated rings. The molecule has 2 aromatic carbocycles. The summed E-state index contributed by atoms with van der Waals surface area (Å²) in [6, 6.07) is 17.6. The molecule has 0 N–H and O–H groups in total. The zero-order chi connectivity index (χ0) is 12.8. The zero-order valence-electron chi connectivity index (χ0n) is 9.88. The lowest BCUT2D eigenvalue weighted by molar-refractivity contribution is 0.272. The third kappa shape index (κ3) is 4.28. The molecule has 0 aromatic heterocycles. The van der Waals surface area contributed by atoms with Gasteiger partial charge in [-0.3, -0.25) is 0 Å². The predicted octanol–water partition coefficient (Wildman–Crippen LogP) is 4.71. The van der Waals surface area contributed by atoms with Crippen molar-refractivity contribution in [1.29, 1.82) is 0 Å². The molecular formula is C15H14ClOS. The summed E-state index contributed by atoms with van der Waals surface area (Å²) in [5.41, 5.74) is 0. The molecule has 0 bridgehead atoms. The Balaban J connectivity index is 1.82. The number of rotatable bonds is 5. The summed E-state index contributed by atoms with van der Waals surface area (Å²) >= 11 is 7.55. The monoisotopic (exact) mass is 277 g/mol. The highest BCUT2D eigenvalue weighted by Crippen LogP contribution is 2.21. The molecule has 0 aliphatic carbocycles. The fourth-order valence-electron chi connectivity index (χ4n) is 1.45. The number of thioether (sulfide) groups is 1. The average molecular weight is 278 g/mol. The average Bonchev–Trinajstić information content (AvgIpc) is 2.40. The molecule has 0 saturated heterocycles. The first-order valence-electron chi connectivity index (χ1n) is 5.67. The molecular weight excluding hydrogens is 264 g/mol. The summed E-state index contributed by atoms with van der Waals surface area (Å²) in [4.78, 5) is 1.23. The SMILES string of the molecule is [CH2]C(CSc1ccccc1)Oc1ccc(Cl)cc1. The van der Waals surface area contributed by atoms with Gasteiger partial charge in [0.15, 0.2) is 0 Å². The first kappa shape index (κ1) is 13.3. The first-order chi connectivity index (χ1) is 8.74. The van der Waals surface area contributed by atoms with Crippen LogP contribution in [0.25, 0.3) is 0 Å². The minimum absolute atomic E-state index is 0.0867. The summed E-state index contributed by atoms with van der Waals surface area (Å²) < 4.78 is 5.70. The molecule has 1 atom stereocenters. The van der Waals surface area contributed by atoms with Crippen LogP contribution >= 0.6 is 23.4 Å². The van der Waals surface area contributed by atoms with E-state index >= 15 is 0 Å². The van der Waals surface area contributed by atoms with Crippen LogP contribution in [0.4, 0.5) is 0 Å². The van der Waals surface area contributed by atoms with Gasteiger partial charge >= 0.3 is 0 Å². The molecule has 2 rings (SSSR count). The number of halogens is 1. The fraction of sp³-hybridized carbons (Fsp3) is 0.133. The van der Waals surface area contributed by atoms with Crippen LogP contribution in [0, 0.1) is 6.92 Å². The van der Waals surface area contributed by atoms with E-state index in [9.17, 15) is 0 Å². The summed E-state index contributed by atoms with van der Waals surface area (Å²) in [6.07, 6.45) is -0.0867. The Labute approximate surface area is 117 Å². The van der Waals surface area contributed by atoms with E-state index in [2.05, 4.69) is 19.1 Å². The van der Waals surface area contributed by atoms with Gasteiger partial charge in [-0.15, -0.1) is 11.8 Å². The van der Waals surface area contributed by atoms with Gasteiger partial charge in [-0.2, -0.15) is 0 Å². The van der Waals surface area contributed by atoms with Crippen LogP contribution in [0.5, 0.6) is 5.75 Å². The lowest BCUT2D eigenvalue weighted by Gasteiger charge is -2.14. The normalized spacial score (nSPS) is 12.1. The van der Waals surface area contributed by atoms with Crippen LogP contribution in [0.2, 0.25) is 5.02 Å². The Morgan fingerprint density at radius 1 is 1.06 bits per heavy atom. The minimum atomic E-state index is -0.0867. The van der Waals surface area contributed by atoms with Crippen molar-refractivity contribution in [2.24, 2.45) is 0 Å². The van der Waals surface area contributed by atoms with E-state index in [1.807, 2.05) is 42.5 Å². The molecule has 2 aromatic rings. The third-order valence-electron chi connectivity index (χ3n) is 2.30. The molecule has 1 unspecified atom stereocenters. The topological polar surface area (TPSA) is 9.23 Å². The number of ether oxygens (including phenoxy) is 1. The van der Waals surface area contributed by atoms with Gasteiger partial charge in [-0.25, -0.2) is 0 Å². The Bertz CT molecular complexity index is 470. The molecule has 1 nitrogen and oxygen atoms in total. The minimum Gasteiger partial charge on any atom is -0.490 e. The molecule has 0 heterocycles. The Morgan fingerprint density at radius 3 is 2.39 bits per heavy atom. The second-order valence-electron chi connectivity index (χ2n) is 3.82. The Hall–Kier alpha value is -1.12. The van der Waals surface area contributed by atoms with E-state index in [4.69, 9.17) is 16.3 Å². The van der Waals surface area contributed by atoms with E-state index in [1.165, 1.54) is 4.90 Å². The van der Waals surface area contributed by atoms with Gasteiger partial charge in [0, 0.05) is 15.7 Å². The second-order valence-corrected chi connectivity index (χ2v) is 5.35. The number of hydrogen-bond acceptors (Lipinski definition) is 2. The highest BCUT2D eigenvalue weighted by Gasteiger charge is 2.05. The molecule has 0 aliphatic rings. The summed E-state index contributed by atoms with van der Waals surface area (Å²) in [7, 11) is 0. The van der Waals surface area contributed by atoms with Gasteiger partial charge in [0.2, 0.25) is 0 Å². The Kier molecular flexibility index (Phi) is 4.97. The second kappa shape index (κ2) is 6.72. The lowest BCUT2D eigenvalue weighted by atomic mass is 10.3. The number of hydrogen-bond donors (Lipinski definition) is 0. The molecule has 18 heavy (non-hydrogen) atoms. The largest absolute Gasteiger partial charge is 0.490 e. The smallest absolute Gasteiger partial charge is 0.119 e. The quantitative estimate of drug-likeness (QED) is 0.732. The third-order valence-corrected chi connectivity index (χ3v) is 3.69. The Morgan fingerprint density at radius 2 is 1.72 bits per heavy atom. The van der Waals surface area contributed by atoms with E-state index < -0.39 is 0 Å². The molecule has 0 saturated carbocycles. The van der Waals surface area contributed by atoms with Gasteiger partial charge in [-0.05, 0) is 43.3 Å². The van der Waals surface area contributed by atoms with Crippen LogP contribution in [0.15, 0.2) is 59.5 Å². The van der Waals surface area contributed by atoms with E-state index in [0.717, 1.165) is 11.5 Å². The maximum Gasteiger partial charge on any atom is 0.119 e. The molecule has 1 radical (unpaired) electrons. The maximum atomic E-state index is 5.81. The zero-order valence-corrected chi connectivity index (χ0v) is 11.5. The van der Waals surface area contributed by atoms with Crippen LogP contribution in [-0.4, -0.2) is 11.9 Å². The van der Waals surface area contributed by atoms with Crippen molar-refractivity contribution in [3.8, 4) is 5.75 Å². The molecule has 0 aliphatic heterocycles. The van der Waals surface area contributed by atoms with Crippen LogP contribution in [0.3, 0.4) is 0 Å². The van der Waals surface area contributed by atoms with E-state index in [0.29, 0.717) is 5.02 Å². The van der Waals surface area contributed by atoms with Crippen LogP contribution in [-0.2, 0) is 0 Å². The van der Waals surface area contributed by atoms with Gasteiger partial charge in [0.1, 0.15) is 11.9 Å². The number of benzene rings is 2.